The first-order chi connectivity index (χ1) is 12.5. The van der Waals surface area contributed by atoms with Gasteiger partial charge in [0, 0.05) is 29.5 Å². The van der Waals surface area contributed by atoms with Crippen LogP contribution in [-0.2, 0) is 0 Å². The van der Waals surface area contributed by atoms with Gasteiger partial charge in [0.25, 0.3) is 5.91 Å². The van der Waals surface area contributed by atoms with Crippen molar-refractivity contribution in [2.75, 3.05) is 0 Å². The lowest BCUT2D eigenvalue weighted by Gasteiger charge is -2.29. The zero-order valence-electron chi connectivity index (χ0n) is 16.0. The summed E-state index contributed by atoms with van der Waals surface area (Å²) in [7, 11) is 0. The number of aromatic nitrogens is 1. The molecular weight excluding hydrogens is 322 g/mol. The summed E-state index contributed by atoms with van der Waals surface area (Å²) in [5, 5.41) is 6.94. The molecule has 2 bridgehead atoms. The monoisotopic (exact) mass is 351 g/mol. The fourth-order valence-electron chi connectivity index (χ4n) is 4.92. The quantitative estimate of drug-likeness (QED) is 0.882. The Hall–Kier alpha value is -2.07. The number of nitrogens with zero attached hydrogens (tertiary/aromatic N) is 1. The number of nitrogens with one attached hydrogen (secondary N) is 2. The molecule has 2 aliphatic rings. The van der Waals surface area contributed by atoms with Gasteiger partial charge in [-0.2, -0.15) is 0 Å². The maximum absolute atomic E-state index is 12.9. The fraction of sp³-hybridized carbons (Fsp3) is 0.500. The second kappa shape index (κ2) is 6.92. The lowest BCUT2D eigenvalue weighted by molar-refractivity contribution is 0.0923. The van der Waals surface area contributed by atoms with Gasteiger partial charge >= 0.3 is 0 Å². The Labute approximate surface area is 156 Å². The predicted octanol–water partition coefficient (Wildman–Crippen LogP) is 3.73. The molecule has 3 heterocycles. The second-order valence-corrected chi connectivity index (χ2v) is 8.02. The summed E-state index contributed by atoms with van der Waals surface area (Å²) < 4.78 is 2.27. The zero-order chi connectivity index (χ0) is 18.3. The Bertz CT molecular complexity index is 783. The number of rotatable bonds is 4. The van der Waals surface area contributed by atoms with E-state index in [4.69, 9.17) is 0 Å². The summed E-state index contributed by atoms with van der Waals surface area (Å²) in [6, 6.07) is 14.2. The van der Waals surface area contributed by atoms with E-state index in [1.54, 1.807) is 0 Å². The minimum absolute atomic E-state index is 0.0795. The van der Waals surface area contributed by atoms with Crippen LogP contribution in [0.15, 0.2) is 36.4 Å². The highest BCUT2D eigenvalue weighted by Gasteiger charge is 2.34. The molecule has 1 amide bonds. The number of carbonyl (C=O) groups is 1. The van der Waals surface area contributed by atoms with Crippen LogP contribution in [-0.4, -0.2) is 28.6 Å². The minimum atomic E-state index is 0.0795. The first-order valence-electron chi connectivity index (χ1n) is 9.83. The van der Waals surface area contributed by atoms with Crippen molar-refractivity contribution in [2.45, 2.75) is 70.6 Å². The third kappa shape index (κ3) is 3.18. The van der Waals surface area contributed by atoms with Gasteiger partial charge < -0.3 is 15.2 Å². The Morgan fingerprint density at radius 3 is 2.46 bits per heavy atom. The lowest BCUT2D eigenvalue weighted by atomic mass is 9.99. The van der Waals surface area contributed by atoms with E-state index in [1.165, 1.54) is 18.4 Å². The molecule has 3 unspecified atom stereocenters. The zero-order valence-corrected chi connectivity index (χ0v) is 16.0. The molecule has 3 atom stereocenters. The summed E-state index contributed by atoms with van der Waals surface area (Å²) >= 11 is 0. The van der Waals surface area contributed by atoms with Gasteiger partial charge in [0.2, 0.25) is 0 Å². The van der Waals surface area contributed by atoms with E-state index >= 15 is 0 Å². The second-order valence-electron chi connectivity index (χ2n) is 8.02. The third-order valence-electron chi connectivity index (χ3n) is 6.21. The van der Waals surface area contributed by atoms with E-state index in [-0.39, 0.29) is 11.9 Å². The van der Waals surface area contributed by atoms with Crippen molar-refractivity contribution in [1.82, 2.24) is 15.2 Å². The molecule has 2 aliphatic heterocycles. The van der Waals surface area contributed by atoms with Gasteiger partial charge in [-0.15, -0.1) is 0 Å². The molecule has 4 heteroatoms. The standard InChI is InChI=1S/C22H29N3O/c1-14-11-21(16(3)25(14)15(2)17-7-5-4-6-8-17)22(26)24-20-12-18-9-10-19(13-20)23-18/h4-8,11,15,18-20,23H,9-10,12-13H2,1-3H3,(H,24,26). The summed E-state index contributed by atoms with van der Waals surface area (Å²) in [6.45, 7) is 6.35. The van der Waals surface area contributed by atoms with Crippen LogP contribution >= 0.6 is 0 Å². The van der Waals surface area contributed by atoms with Gasteiger partial charge in [0.1, 0.15) is 0 Å². The number of hydrogen-bond donors (Lipinski definition) is 2. The molecule has 0 saturated carbocycles. The summed E-state index contributed by atoms with van der Waals surface area (Å²) in [4.78, 5) is 12.9. The van der Waals surface area contributed by atoms with Crippen LogP contribution in [0.25, 0.3) is 0 Å². The summed E-state index contributed by atoms with van der Waals surface area (Å²) in [5.41, 5.74) is 4.26. The molecule has 4 nitrogen and oxygen atoms in total. The van der Waals surface area contributed by atoms with Crippen molar-refractivity contribution in [3.63, 3.8) is 0 Å². The summed E-state index contributed by atoms with van der Waals surface area (Å²) in [5.74, 6) is 0.0795. The third-order valence-corrected chi connectivity index (χ3v) is 6.21. The molecule has 0 aliphatic carbocycles. The van der Waals surface area contributed by atoms with Crippen LogP contribution in [0, 0.1) is 13.8 Å². The molecule has 2 aromatic rings. The molecule has 0 radical (unpaired) electrons. The van der Waals surface area contributed by atoms with Crippen LogP contribution in [0.3, 0.4) is 0 Å². The Balaban J connectivity index is 1.53. The van der Waals surface area contributed by atoms with Gasteiger partial charge in [0.05, 0.1) is 11.6 Å². The highest BCUT2D eigenvalue weighted by atomic mass is 16.1. The SMILES string of the molecule is Cc1cc(C(=O)NC2CC3CCC(C2)N3)c(C)n1C(C)c1ccccc1. The van der Waals surface area contributed by atoms with Crippen molar-refractivity contribution in [2.24, 2.45) is 0 Å². The molecule has 4 rings (SSSR count). The van der Waals surface area contributed by atoms with Gasteiger partial charge in [-0.05, 0) is 58.1 Å². The van der Waals surface area contributed by atoms with Crippen LogP contribution in [0.2, 0.25) is 0 Å². The van der Waals surface area contributed by atoms with Gasteiger partial charge in [-0.3, -0.25) is 4.79 Å². The van der Waals surface area contributed by atoms with Gasteiger partial charge in [-0.25, -0.2) is 0 Å². The molecule has 1 aromatic carbocycles. The van der Waals surface area contributed by atoms with E-state index < -0.39 is 0 Å². The Morgan fingerprint density at radius 1 is 1.15 bits per heavy atom. The number of amides is 1. The average Bonchev–Trinajstić information content (AvgIpc) is 3.13. The molecule has 2 N–H and O–H groups in total. The lowest BCUT2D eigenvalue weighted by Crippen LogP contribution is -2.48. The van der Waals surface area contributed by atoms with Crippen molar-refractivity contribution in [3.8, 4) is 0 Å². The summed E-state index contributed by atoms with van der Waals surface area (Å²) in [6.07, 6.45) is 4.61. The molecular formula is C22H29N3O. The number of aryl methyl sites for hydroxylation is 1. The topological polar surface area (TPSA) is 46.1 Å². The van der Waals surface area contributed by atoms with E-state index in [9.17, 15) is 4.79 Å². The highest BCUT2D eigenvalue weighted by Crippen LogP contribution is 2.28. The maximum atomic E-state index is 12.9. The maximum Gasteiger partial charge on any atom is 0.253 e. The van der Waals surface area contributed by atoms with Crippen LogP contribution < -0.4 is 10.6 Å². The van der Waals surface area contributed by atoms with Crippen LogP contribution in [0.1, 0.15) is 66.0 Å². The molecule has 1 aromatic heterocycles. The number of benzene rings is 1. The van der Waals surface area contributed by atoms with Gasteiger partial charge in [0.15, 0.2) is 0 Å². The number of carbonyl (C=O) groups excluding carboxylic acids is 1. The first-order valence-corrected chi connectivity index (χ1v) is 9.83. The average molecular weight is 351 g/mol. The van der Waals surface area contributed by atoms with Gasteiger partial charge in [-0.1, -0.05) is 30.3 Å². The molecule has 26 heavy (non-hydrogen) atoms. The number of piperidine rings is 1. The largest absolute Gasteiger partial charge is 0.349 e. The first kappa shape index (κ1) is 17.3. The van der Waals surface area contributed by atoms with Crippen LogP contribution in [0.4, 0.5) is 0 Å². The molecule has 2 saturated heterocycles. The smallest absolute Gasteiger partial charge is 0.253 e. The molecule has 2 fully saturated rings. The van der Waals surface area contributed by atoms with E-state index in [1.807, 2.05) is 12.1 Å². The van der Waals surface area contributed by atoms with Crippen molar-refractivity contribution < 1.29 is 4.79 Å². The predicted molar refractivity (Wildman–Crippen MR) is 105 cm³/mol. The molecule has 138 valence electrons. The van der Waals surface area contributed by atoms with Crippen molar-refractivity contribution >= 4 is 5.91 Å². The van der Waals surface area contributed by atoms with E-state index in [0.717, 1.165) is 29.8 Å². The number of hydrogen-bond acceptors (Lipinski definition) is 2. The molecule has 0 spiro atoms. The minimum Gasteiger partial charge on any atom is -0.349 e. The normalized spacial score (nSPS) is 25.9. The van der Waals surface area contributed by atoms with Crippen molar-refractivity contribution in [1.29, 1.82) is 0 Å². The fourth-order valence-corrected chi connectivity index (χ4v) is 4.92. The van der Waals surface area contributed by atoms with Crippen LogP contribution in [0.5, 0.6) is 0 Å². The van der Waals surface area contributed by atoms with E-state index in [0.29, 0.717) is 18.1 Å². The Morgan fingerprint density at radius 2 is 1.81 bits per heavy atom. The van der Waals surface area contributed by atoms with E-state index in [2.05, 4.69) is 60.2 Å². The Kier molecular flexibility index (Phi) is 4.62. The number of fused-ring (bicyclic) bond motifs is 2. The van der Waals surface area contributed by atoms with Crippen molar-refractivity contribution in [3.05, 3.63) is 58.9 Å². The highest BCUT2D eigenvalue weighted by molar-refractivity contribution is 5.96.